The molecule has 1 amide bonds. The van der Waals surface area contributed by atoms with Crippen LogP contribution < -0.4 is 0 Å². The number of carbonyl (C=O) groups is 1. The van der Waals surface area contributed by atoms with Crippen LogP contribution in [0, 0.1) is 0 Å². The van der Waals surface area contributed by atoms with E-state index < -0.39 is 29.7 Å². The summed E-state index contributed by atoms with van der Waals surface area (Å²) in [4.78, 5) is 13.3. The lowest BCUT2D eigenvalue weighted by molar-refractivity contribution is -0.00416. The zero-order chi connectivity index (χ0) is 14.9. The number of unbranched alkanes of at least 4 members (excludes halogenated alkanes) is 1. The monoisotopic (exact) mass is 277 g/mol. The third kappa shape index (κ3) is 4.32. The van der Waals surface area contributed by atoms with Gasteiger partial charge in [-0.1, -0.05) is 19.8 Å². The van der Waals surface area contributed by atoms with Crippen LogP contribution in [0.25, 0.3) is 0 Å². The second-order valence-corrected chi connectivity index (χ2v) is 6.70. The Balaban J connectivity index is 2.86. The number of nitrogens with zero attached hydrogens (tertiary/aromatic N) is 1. The standard InChI is InChI=1S/C14H25F2NO2/c1-6-7-8-13(5)9-14(15,16)10-17(13)11(18)19-12(2,3)4/h6-10H2,1-5H3. The minimum Gasteiger partial charge on any atom is -0.444 e. The molecule has 0 saturated carbocycles. The average Bonchev–Trinajstić information content (AvgIpc) is 2.44. The largest absolute Gasteiger partial charge is 0.444 e. The fraction of sp³-hybridized carbons (Fsp3) is 0.929. The van der Waals surface area contributed by atoms with E-state index in [1.165, 1.54) is 4.90 Å². The fourth-order valence-corrected chi connectivity index (χ4v) is 2.51. The Morgan fingerprint density at radius 1 is 1.37 bits per heavy atom. The number of halogens is 2. The molecule has 0 aromatic carbocycles. The minimum absolute atomic E-state index is 0.279. The molecule has 1 saturated heterocycles. The summed E-state index contributed by atoms with van der Waals surface area (Å²) >= 11 is 0. The summed E-state index contributed by atoms with van der Waals surface area (Å²) < 4.78 is 32.6. The number of likely N-dealkylation sites (tertiary alicyclic amines) is 1. The van der Waals surface area contributed by atoms with Gasteiger partial charge in [-0.2, -0.15) is 0 Å². The van der Waals surface area contributed by atoms with Crippen LogP contribution in [0.5, 0.6) is 0 Å². The third-order valence-electron chi connectivity index (χ3n) is 3.36. The molecule has 5 heteroatoms. The molecule has 1 atom stereocenters. The van der Waals surface area contributed by atoms with Crippen LogP contribution in [-0.4, -0.2) is 34.6 Å². The topological polar surface area (TPSA) is 29.5 Å². The molecule has 0 aliphatic carbocycles. The first-order valence-electron chi connectivity index (χ1n) is 6.88. The SMILES string of the molecule is CCCCC1(C)CC(F)(F)CN1C(=O)OC(C)(C)C. The van der Waals surface area contributed by atoms with Gasteiger partial charge in [-0.05, 0) is 34.1 Å². The lowest BCUT2D eigenvalue weighted by Crippen LogP contribution is -2.47. The molecular formula is C14H25F2NO2. The van der Waals surface area contributed by atoms with E-state index in [9.17, 15) is 13.6 Å². The minimum atomic E-state index is -2.82. The third-order valence-corrected chi connectivity index (χ3v) is 3.36. The molecule has 0 aromatic heterocycles. The van der Waals surface area contributed by atoms with Crippen LogP contribution in [0.2, 0.25) is 0 Å². The van der Waals surface area contributed by atoms with E-state index >= 15 is 0 Å². The highest BCUT2D eigenvalue weighted by molar-refractivity contribution is 5.70. The average molecular weight is 277 g/mol. The highest BCUT2D eigenvalue weighted by atomic mass is 19.3. The molecule has 112 valence electrons. The van der Waals surface area contributed by atoms with E-state index in [2.05, 4.69) is 0 Å². The number of alkyl halides is 2. The number of amides is 1. The Kier molecular flexibility index (Phi) is 4.47. The van der Waals surface area contributed by atoms with Crippen molar-refractivity contribution in [3.8, 4) is 0 Å². The molecule has 1 aliphatic heterocycles. The van der Waals surface area contributed by atoms with Gasteiger partial charge in [-0.25, -0.2) is 13.6 Å². The van der Waals surface area contributed by atoms with Gasteiger partial charge in [0.05, 0.1) is 6.54 Å². The summed E-state index contributed by atoms with van der Waals surface area (Å²) in [5.41, 5.74) is -1.47. The van der Waals surface area contributed by atoms with Crippen LogP contribution in [0.15, 0.2) is 0 Å². The molecule has 1 heterocycles. The molecule has 19 heavy (non-hydrogen) atoms. The molecule has 0 aromatic rings. The maximum absolute atomic E-state index is 13.7. The van der Waals surface area contributed by atoms with Crippen molar-refractivity contribution in [3.63, 3.8) is 0 Å². The van der Waals surface area contributed by atoms with Gasteiger partial charge >= 0.3 is 6.09 Å². The number of hydrogen-bond donors (Lipinski definition) is 0. The van der Waals surface area contributed by atoms with Gasteiger partial charge in [0.25, 0.3) is 5.92 Å². The lowest BCUT2D eigenvalue weighted by atomic mass is 9.91. The van der Waals surface area contributed by atoms with E-state index in [0.717, 1.165) is 12.8 Å². The molecule has 1 aliphatic rings. The van der Waals surface area contributed by atoms with Gasteiger partial charge in [0.15, 0.2) is 0 Å². The van der Waals surface area contributed by atoms with Crippen LogP contribution in [0.1, 0.15) is 60.3 Å². The van der Waals surface area contributed by atoms with Gasteiger partial charge in [0.2, 0.25) is 0 Å². The number of ether oxygens (including phenoxy) is 1. The van der Waals surface area contributed by atoms with Crippen LogP contribution in [0.4, 0.5) is 13.6 Å². The Labute approximate surface area is 114 Å². The summed E-state index contributed by atoms with van der Waals surface area (Å²) in [5.74, 6) is -2.82. The van der Waals surface area contributed by atoms with Crippen molar-refractivity contribution in [1.29, 1.82) is 0 Å². The summed E-state index contributed by atoms with van der Waals surface area (Å²) in [6, 6.07) is 0. The zero-order valence-electron chi connectivity index (χ0n) is 12.6. The van der Waals surface area contributed by atoms with Crippen LogP contribution >= 0.6 is 0 Å². The van der Waals surface area contributed by atoms with Crippen molar-refractivity contribution in [3.05, 3.63) is 0 Å². The highest BCUT2D eigenvalue weighted by Crippen LogP contribution is 2.42. The predicted octanol–water partition coefficient (Wildman–Crippen LogP) is 4.21. The first-order chi connectivity index (χ1) is 8.49. The zero-order valence-corrected chi connectivity index (χ0v) is 12.6. The van der Waals surface area contributed by atoms with E-state index in [4.69, 9.17) is 4.74 Å². The van der Waals surface area contributed by atoms with Gasteiger partial charge in [-0.3, -0.25) is 4.90 Å². The quantitative estimate of drug-likeness (QED) is 0.773. The van der Waals surface area contributed by atoms with Crippen LogP contribution in [-0.2, 0) is 4.74 Å². The van der Waals surface area contributed by atoms with E-state index in [-0.39, 0.29) is 6.42 Å². The summed E-state index contributed by atoms with van der Waals surface area (Å²) in [6.07, 6.45) is 1.41. The molecule has 1 unspecified atom stereocenters. The predicted molar refractivity (Wildman–Crippen MR) is 70.4 cm³/mol. The molecule has 0 spiro atoms. The van der Waals surface area contributed by atoms with Crippen LogP contribution in [0.3, 0.4) is 0 Å². The highest BCUT2D eigenvalue weighted by Gasteiger charge is 2.54. The molecular weight excluding hydrogens is 252 g/mol. The normalized spacial score (nSPS) is 26.6. The molecule has 3 nitrogen and oxygen atoms in total. The van der Waals surface area contributed by atoms with Crippen molar-refractivity contribution >= 4 is 6.09 Å². The summed E-state index contributed by atoms with van der Waals surface area (Å²) in [6.45, 7) is 8.41. The Morgan fingerprint density at radius 2 is 1.95 bits per heavy atom. The molecule has 0 N–H and O–H groups in total. The Bertz CT molecular complexity index is 339. The van der Waals surface area contributed by atoms with Gasteiger partial charge in [0, 0.05) is 12.0 Å². The second-order valence-electron chi connectivity index (χ2n) is 6.70. The maximum Gasteiger partial charge on any atom is 0.410 e. The van der Waals surface area contributed by atoms with Crippen molar-refractivity contribution in [2.75, 3.05) is 6.54 Å². The fourth-order valence-electron chi connectivity index (χ4n) is 2.51. The number of carbonyl (C=O) groups excluding carboxylic acids is 1. The van der Waals surface area contributed by atoms with Gasteiger partial charge < -0.3 is 4.74 Å². The van der Waals surface area contributed by atoms with Crippen molar-refractivity contribution in [2.45, 2.75) is 77.4 Å². The number of rotatable bonds is 3. The summed E-state index contributed by atoms with van der Waals surface area (Å²) in [7, 11) is 0. The molecule has 1 rings (SSSR count). The Hall–Kier alpha value is -0.870. The molecule has 0 bridgehead atoms. The molecule has 1 fully saturated rings. The van der Waals surface area contributed by atoms with Crippen molar-refractivity contribution < 1.29 is 18.3 Å². The lowest BCUT2D eigenvalue weighted by Gasteiger charge is -2.35. The van der Waals surface area contributed by atoms with E-state index in [1.54, 1.807) is 27.7 Å². The summed E-state index contributed by atoms with van der Waals surface area (Å²) in [5, 5.41) is 0. The number of hydrogen-bond acceptors (Lipinski definition) is 2. The van der Waals surface area contributed by atoms with E-state index in [1.807, 2.05) is 6.92 Å². The van der Waals surface area contributed by atoms with Gasteiger partial charge in [-0.15, -0.1) is 0 Å². The van der Waals surface area contributed by atoms with Gasteiger partial charge in [0.1, 0.15) is 5.60 Å². The Morgan fingerprint density at radius 3 is 2.42 bits per heavy atom. The van der Waals surface area contributed by atoms with Crippen molar-refractivity contribution in [1.82, 2.24) is 4.90 Å². The van der Waals surface area contributed by atoms with E-state index in [0.29, 0.717) is 6.42 Å². The molecule has 0 radical (unpaired) electrons. The maximum atomic E-state index is 13.7. The smallest absolute Gasteiger partial charge is 0.410 e. The first-order valence-corrected chi connectivity index (χ1v) is 6.88. The second kappa shape index (κ2) is 5.25. The van der Waals surface area contributed by atoms with Crippen molar-refractivity contribution in [2.24, 2.45) is 0 Å². The first kappa shape index (κ1) is 16.2.